The Balaban J connectivity index is 1.51. The molecule has 0 radical (unpaired) electrons. The number of carbonyl (C=O) groups is 1. The van der Waals surface area contributed by atoms with Gasteiger partial charge in [0.25, 0.3) is 5.91 Å². The first-order valence-corrected chi connectivity index (χ1v) is 9.32. The number of aryl methyl sites for hydroxylation is 1. The van der Waals surface area contributed by atoms with Crippen LogP contribution in [-0.4, -0.2) is 24.1 Å². The predicted octanol–water partition coefficient (Wildman–Crippen LogP) is 3.76. The van der Waals surface area contributed by atoms with Gasteiger partial charge in [-0.25, -0.2) is 0 Å². The van der Waals surface area contributed by atoms with Gasteiger partial charge in [-0.05, 0) is 54.9 Å². The number of amides is 1. The number of hydrazine groups is 1. The Kier molecular flexibility index (Phi) is 6.19. The lowest BCUT2D eigenvalue weighted by Crippen LogP contribution is -2.48. The van der Waals surface area contributed by atoms with Gasteiger partial charge in [-0.15, -0.1) is 0 Å². The first-order chi connectivity index (χ1) is 12.5. The molecule has 1 aliphatic rings. The zero-order valence-corrected chi connectivity index (χ0v) is 16.2. The van der Waals surface area contributed by atoms with E-state index in [-0.39, 0.29) is 17.6 Å². The van der Waals surface area contributed by atoms with Crippen molar-refractivity contribution >= 4 is 57.8 Å². The molecule has 0 unspecified atom stereocenters. The van der Waals surface area contributed by atoms with Gasteiger partial charge in [0.1, 0.15) is 0 Å². The van der Waals surface area contributed by atoms with Crippen LogP contribution in [0.25, 0.3) is 0 Å². The third kappa shape index (κ3) is 5.00. The molecule has 1 aliphatic heterocycles. The number of hydrogen-bond acceptors (Lipinski definition) is 3. The number of benzene rings is 2. The largest absolute Gasteiger partial charge is 0.362 e. The molecular weight excluding hydrogens is 391 g/mol. The number of anilines is 2. The lowest BCUT2D eigenvalue weighted by molar-refractivity contribution is -0.120. The van der Waals surface area contributed by atoms with Gasteiger partial charge in [0.05, 0.1) is 6.54 Å². The predicted molar refractivity (Wildman–Crippen MR) is 111 cm³/mol. The molecule has 1 amide bonds. The molecule has 136 valence electrons. The van der Waals surface area contributed by atoms with Crippen LogP contribution < -0.4 is 21.1 Å². The Morgan fingerprint density at radius 3 is 2.62 bits per heavy atom. The molecule has 2 aromatic carbocycles. The number of halogens is 2. The highest BCUT2D eigenvalue weighted by Gasteiger charge is 2.18. The topological polar surface area (TPSA) is 56.4 Å². The van der Waals surface area contributed by atoms with E-state index in [1.165, 1.54) is 5.56 Å². The third-order valence-electron chi connectivity index (χ3n) is 3.98. The van der Waals surface area contributed by atoms with E-state index in [1.807, 2.05) is 18.2 Å². The van der Waals surface area contributed by atoms with Crippen molar-refractivity contribution in [2.45, 2.75) is 12.8 Å². The van der Waals surface area contributed by atoms with Crippen LogP contribution in [0.3, 0.4) is 0 Å². The molecule has 0 aliphatic carbocycles. The fourth-order valence-electron chi connectivity index (χ4n) is 2.90. The van der Waals surface area contributed by atoms with Crippen LogP contribution in [-0.2, 0) is 11.2 Å². The molecular formula is C18H18Cl2N4OS. The first-order valence-electron chi connectivity index (χ1n) is 8.16. The Labute approximate surface area is 167 Å². The van der Waals surface area contributed by atoms with Gasteiger partial charge in [-0.3, -0.25) is 15.6 Å². The molecule has 0 aromatic heterocycles. The lowest BCUT2D eigenvalue weighted by atomic mass is 10.0. The molecule has 26 heavy (non-hydrogen) atoms. The van der Waals surface area contributed by atoms with Gasteiger partial charge in [0, 0.05) is 28.0 Å². The van der Waals surface area contributed by atoms with Gasteiger partial charge in [-0.1, -0.05) is 41.4 Å². The average Bonchev–Trinajstić information content (AvgIpc) is 2.59. The fourth-order valence-corrected chi connectivity index (χ4v) is 3.60. The van der Waals surface area contributed by atoms with Crippen LogP contribution in [0.1, 0.15) is 12.0 Å². The van der Waals surface area contributed by atoms with E-state index in [0.717, 1.165) is 25.1 Å². The molecule has 0 saturated carbocycles. The minimum atomic E-state index is -0.171. The zero-order chi connectivity index (χ0) is 18.5. The van der Waals surface area contributed by atoms with Crippen molar-refractivity contribution < 1.29 is 4.79 Å². The van der Waals surface area contributed by atoms with Gasteiger partial charge in [0.2, 0.25) is 0 Å². The van der Waals surface area contributed by atoms with Crippen molar-refractivity contribution in [2.24, 2.45) is 0 Å². The van der Waals surface area contributed by atoms with Crippen LogP contribution in [0.5, 0.6) is 0 Å². The SMILES string of the molecule is O=C(CN1CCCc2ccccc21)NNC(=S)Nc1cc(Cl)cc(Cl)c1. The molecule has 0 saturated heterocycles. The highest BCUT2D eigenvalue weighted by Crippen LogP contribution is 2.26. The van der Waals surface area contributed by atoms with Crippen LogP contribution in [0, 0.1) is 0 Å². The van der Waals surface area contributed by atoms with Gasteiger partial charge in [0.15, 0.2) is 5.11 Å². The monoisotopic (exact) mass is 408 g/mol. The van der Waals surface area contributed by atoms with Crippen molar-refractivity contribution in [1.29, 1.82) is 0 Å². The van der Waals surface area contributed by atoms with Crippen molar-refractivity contribution in [1.82, 2.24) is 10.9 Å². The maximum Gasteiger partial charge on any atom is 0.257 e. The summed E-state index contributed by atoms with van der Waals surface area (Å²) >= 11 is 17.1. The van der Waals surface area contributed by atoms with Gasteiger partial charge < -0.3 is 10.2 Å². The van der Waals surface area contributed by atoms with Crippen molar-refractivity contribution in [3.63, 3.8) is 0 Å². The number of nitrogens with zero attached hydrogens (tertiary/aromatic N) is 1. The molecule has 3 N–H and O–H groups in total. The normalized spacial score (nSPS) is 12.9. The lowest BCUT2D eigenvalue weighted by Gasteiger charge is -2.30. The Morgan fingerprint density at radius 2 is 1.85 bits per heavy atom. The number of thiocarbonyl (C=S) groups is 1. The summed E-state index contributed by atoms with van der Waals surface area (Å²) in [5, 5.41) is 4.16. The van der Waals surface area contributed by atoms with E-state index in [0.29, 0.717) is 15.7 Å². The molecule has 3 rings (SSSR count). The van der Waals surface area contributed by atoms with E-state index in [1.54, 1.807) is 18.2 Å². The number of hydrogen-bond donors (Lipinski definition) is 3. The molecule has 1 heterocycles. The van der Waals surface area contributed by atoms with E-state index < -0.39 is 0 Å². The zero-order valence-electron chi connectivity index (χ0n) is 13.9. The molecule has 5 nitrogen and oxygen atoms in total. The maximum absolute atomic E-state index is 12.2. The number of rotatable bonds is 3. The van der Waals surface area contributed by atoms with E-state index in [9.17, 15) is 4.79 Å². The third-order valence-corrected chi connectivity index (χ3v) is 4.62. The van der Waals surface area contributed by atoms with Gasteiger partial charge >= 0.3 is 0 Å². The maximum atomic E-state index is 12.2. The molecule has 2 aromatic rings. The van der Waals surface area contributed by atoms with Crippen molar-refractivity contribution in [2.75, 3.05) is 23.3 Å². The molecule has 0 fully saturated rings. The van der Waals surface area contributed by atoms with E-state index in [4.69, 9.17) is 35.4 Å². The Morgan fingerprint density at radius 1 is 1.12 bits per heavy atom. The molecule has 8 heteroatoms. The van der Waals surface area contributed by atoms with Crippen LogP contribution in [0.4, 0.5) is 11.4 Å². The molecule has 0 atom stereocenters. The second-order valence-electron chi connectivity index (χ2n) is 5.94. The fraction of sp³-hybridized carbons (Fsp3) is 0.222. The summed E-state index contributed by atoms with van der Waals surface area (Å²) in [6, 6.07) is 13.2. The number of fused-ring (bicyclic) bond motifs is 1. The van der Waals surface area contributed by atoms with Gasteiger partial charge in [-0.2, -0.15) is 0 Å². The van der Waals surface area contributed by atoms with Crippen molar-refractivity contribution in [3.05, 3.63) is 58.1 Å². The minimum Gasteiger partial charge on any atom is -0.362 e. The summed E-state index contributed by atoms with van der Waals surface area (Å²) in [6.07, 6.45) is 2.08. The number of nitrogens with one attached hydrogen (secondary N) is 3. The standard InChI is InChI=1S/C18H18Cl2N4OS/c19-13-8-14(20)10-15(9-13)21-18(26)23-22-17(25)11-24-7-3-5-12-4-1-2-6-16(12)24/h1-2,4,6,8-10H,3,5,7,11H2,(H,22,25)(H2,21,23,26). The van der Waals surface area contributed by atoms with E-state index >= 15 is 0 Å². The number of para-hydroxylation sites is 1. The highest BCUT2D eigenvalue weighted by atomic mass is 35.5. The Bertz CT molecular complexity index is 810. The van der Waals surface area contributed by atoms with Crippen LogP contribution >= 0.6 is 35.4 Å². The summed E-state index contributed by atoms with van der Waals surface area (Å²) < 4.78 is 0. The quantitative estimate of drug-likeness (QED) is 0.533. The smallest absolute Gasteiger partial charge is 0.257 e. The average molecular weight is 409 g/mol. The summed E-state index contributed by atoms with van der Waals surface area (Å²) in [7, 11) is 0. The summed E-state index contributed by atoms with van der Waals surface area (Å²) in [5.41, 5.74) is 8.33. The minimum absolute atomic E-state index is 0.171. The summed E-state index contributed by atoms with van der Waals surface area (Å²) in [5.74, 6) is -0.171. The van der Waals surface area contributed by atoms with Crippen molar-refractivity contribution in [3.8, 4) is 0 Å². The van der Waals surface area contributed by atoms with Crippen LogP contribution in [0.2, 0.25) is 10.0 Å². The highest BCUT2D eigenvalue weighted by molar-refractivity contribution is 7.80. The van der Waals surface area contributed by atoms with Crippen LogP contribution in [0.15, 0.2) is 42.5 Å². The number of carbonyl (C=O) groups excluding carboxylic acids is 1. The second kappa shape index (κ2) is 8.58. The summed E-state index contributed by atoms with van der Waals surface area (Å²) in [6.45, 7) is 1.11. The first kappa shape index (κ1) is 18.8. The molecule has 0 spiro atoms. The Hall–Kier alpha value is -2.02. The summed E-state index contributed by atoms with van der Waals surface area (Å²) in [4.78, 5) is 14.3. The second-order valence-corrected chi connectivity index (χ2v) is 7.22. The molecule has 0 bridgehead atoms. The van der Waals surface area contributed by atoms with E-state index in [2.05, 4.69) is 27.1 Å².